The van der Waals surface area contributed by atoms with E-state index >= 15 is 0 Å². The van der Waals surface area contributed by atoms with Gasteiger partial charge in [-0.25, -0.2) is 0 Å². The first-order chi connectivity index (χ1) is 5.97. The zero-order valence-electron chi connectivity index (χ0n) is 7.99. The Kier molecular flexibility index (Phi) is 2.57. The summed E-state index contributed by atoms with van der Waals surface area (Å²) >= 11 is 2.05. The summed E-state index contributed by atoms with van der Waals surface area (Å²) in [5.74, 6) is 3.35. The number of hydrogen-bond acceptors (Lipinski definition) is 2. The molecule has 64 valence electrons. The minimum atomic E-state index is 0. The lowest BCUT2D eigenvalue weighted by Gasteiger charge is -2.12. The van der Waals surface area contributed by atoms with E-state index in [1.165, 1.54) is 23.6 Å². The average molecular weight is 180 g/mol. The highest BCUT2D eigenvalue weighted by Gasteiger charge is 2.18. The van der Waals surface area contributed by atoms with Gasteiger partial charge >= 0.3 is 1.43 Å². The van der Waals surface area contributed by atoms with E-state index in [1.54, 1.807) is 0 Å². The highest BCUT2D eigenvalue weighted by atomic mass is 32.2. The molecule has 0 bridgehead atoms. The molecular weight excluding hydrogens is 166 g/mol. The van der Waals surface area contributed by atoms with Crippen molar-refractivity contribution in [3.63, 3.8) is 0 Å². The maximum atomic E-state index is 3.33. The molecule has 2 heterocycles. The summed E-state index contributed by atoms with van der Waals surface area (Å²) in [7, 11) is 0. The molecule has 2 heteroatoms. The quantitative estimate of drug-likeness (QED) is 0.665. The first-order valence-electron chi connectivity index (χ1n) is 4.34. The summed E-state index contributed by atoms with van der Waals surface area (Å²) in [6, 6.07) is 0. The van der Waals surface area contributed by atoms with Crippen molar-refractivity contribution in [3.05, 3.63) is 36.2 Å². The summed E-state index contributed by atoms with van der Waals surface area (Å²) < 4.78 is 0. The van der Waals surface area contributed by atoms with E-state index in [-0.39, 0.29) is 1.43 Å². The van der Waals surface area contributed by atoms with Crippen LogP contribution in [0.5, 0.6) is 0 Å². The fourth-order valence-corrected chi connectivity index (χ4v) is 2.75. The summed E-state index contributed by atoms with van der Waals surface area (Å²) in [5.41, 5.74) is 1.38. The molecule has 0 aliphatic carbocycles. The predicted molar refractivity (Wildman–Crippen MR) is 56.0 cm³/mol. The third-order valence-corrected chi connectivity index (χ3v) is 3.38. The summed E-state index contributed by atoms with van der Waals surface area (Å²) in [5, 5.41) is 3.33. The van der Waals surface area contributed by atoms with Crippen molar-refractivity contribution >= 4 is 11.8 Å². The normalized spacial score (nSPS) is 28.0. The largest absolute Gasteiger partial charge is 1.00 e. The first kappa shape index (κ1) is 7.99. The third-order valence-electron chi connectivity index (χ3n) is 2.21. The van der Waals surface area contributed by atoms with Crippen molar-refractivity contribution in [3.8, 4) is 0 Å². The van der Waals surface area contributed by atoms with Gasteiger partial charge in [-0.1, -0.05) is 12.2 Å². The van der Waals surface area contributed by atoms with Crippen molar-refractivity contribution < 1.29 is 1.43 Å². The molecule has 1 unspecified atom stereocenters. The molecule has 0 amide bonds. The number of nitrogens with one attached hydrogen (secondary N) is 1. The van der Waals surface area contributed by atoms with Crippen LogP contribution in [0.2, 0.25) is 0 Å². The van der Waals surface area contributed by atoms with Gasteiger partial charge in [-0.05, 0) is 24.3 Å². The van der Waals surface area contributed by atoms with Crippen molar-refractivity contribution in [1.82, 2.24) is 5.32 Å². The summed E-state index contributed by atoms with van der Waals surface area (Å²) in [4.78, 5) is 0. The van der Waals surface area contributed by atoms with Crippen LogP contribution in [0.3, 0.4) is 0 Å². The van der Waals surface area contributed by atoms with Crippen LogP contribution >= 0.6 is 11.8 Å². The van der Waals surface area contributed by atoms with Gasteiger partial charge in [0.25, 0.3) is 0 Å². The molecule has 12 heavy (non-hydrogen) atoms. The van der Waals surface area contributed by atoms with Crippen LogP contribution in [-0.4, -0.2) is 11.5 Å². The van der Waals surface area contributed by atoms with E-state index in [4.69, 9.17) is 0 Å². The molecule has 1 nitrogen and oxygen atoms in total. The smallest absolute Gasteiger partial charge is 0.365 e. The SMILES string of the molecule is C1=CC=C(C2CCSC2)NC=C1.[H+]. The van der Waals surface area contributed by atoms with Gasteiger partial charge in [-0.15, -0.1) is 0 Å². The van der Waals surface area contributed by atoms with E-state index < -0.39 is 0 Å². The Morgan fingerprint density at radius 2 is 2.42 bits per heavy atom. The van der Waals surface area contributed by atoms with Gasteiger partial charge in [-0.2, -0.15) is 11.8 Å². The lowest BCUT2D eigenvalue weighted by molar-refractivity contribution is 0.660. The Morgan fingerprint density at radius 1 is 1.42 bits per heavy atom. The first-order valence-corrected chi connectivity index (χ1v) is 5.50. The number of hydrogen-bond donors (Lipinski definition) is 1. The van der Waals surface area contributed by atoms with Crippen molar-refractivity contribution in [1.29, 1.82) is 0 Å². The van der Waals surface area contributed by atoms with Crippen LogP contribution < -0.4 is 5.32 Å². The average Bonchev–Trinajstić information content (AvgIpc) is 2.48. The highest BCUT2D eigenvalue weighted by molar-refractivity contribution is 7.99. The van der Waals surface area contributed by atoms with Crippen LogP contribution in [-0.2, 0) is 0 Å². The second-order valence-corrected chi connectivity index (χ2v) is 4.22. The van der Waals surface area contributed by atoms with Gasteiger partial charge in [0.15, 0.2) is 0 Å². The van der Waals surface area contributed by atoms with E-state index in [1.807, 2.05) is 12.3 Å². The van der Waals surface area contributed by atoms with Crippen LogP contribution in [0.25, 0.3) is 0 Å². The molecular formula is C10H14NS+. The molecule has 0 aromatic heterocycles. The number of allylic oxidation sites excluding steroid dienone is 5. The molecule has 0 radical (unpaired) electrons. The standard InChI is InChI=1S/C10H13NS/c1-2-4-10(11-6-3-1)9-5-7-12-8-9/h1-4,6,9,11H,5,7-8H2/p+1. The molecule has 1 N–H and O–H groups in total. The van der Waals surface area contributed by atoms with E-state index in [0.29, 0.717) is 0 Å². The molecule has 2 rings (SSSR count). The minimum absolute atomic E-state index is 0. The monoisotopic (exact) mass is 180 g/mol. The van der Waals surface area contributed by atoms with Gasteiger partial charge in [0.05, 0.1) is 0 Å². The second kappa shape index (κ2) is 3.85. The lowest BCUT2D eigenvalue weighted by atomic mass is 10.0. The van der Waals surface area contributed by atoms with Crippen molar-refractivity contribution in [2.24, 2.45) is 5.92 Å². The number of thioether (sulfide) groups is 1. The molecule has 1 saturated heterocycles. The predicted octanol–water partition coefficient (Wildman–Crippen LogP) is 2.41. The molecule has 1 atom stereocenters. The molecule has 1 fully saturated rings. The molecule has 2 aliphatic heterocycles. The molecule has 0 aromatic rings. The molecule has 0 saturated carbocycles. The fourth-order valence-electron chi connectivity index (χ4n) is 1.51. The van der Waals surface area contributed by atoms with Crippen LogP contribution in [0.4, 0.5) is 0 Å². The molecule has 0 spiro atoms. The Labute approximate surface area is 79.1 Å². The second-order valence-electron chi connectivity index (χ2n) is 3.07. The Morgan fingerprint density at radius 3 is 3.25 bits per heavy atom. The van der Waals surface area contributed by atoms with Gasteiger partial charge in [0, 0.05) is 23.6 Å². The maximum absolute atomic E-state index is 3.33. The van der Waals surface area contributed by atoms with Gasteiger partial charge < -0.3 is 5.32 Å². The van der Waals surface area contributed by atoms with Gasteiger partial charge in [-0.3, -0.25) is 0 Å². The summed E-state index contributed by atoms with van der Waals surface area (Å²) in [6.07, 6.45) is 11.7. The minimum Gasteiger partial charge on any atom is -0.365 e. The topological polar surface area (TPSA) is 12.0 Å². The zero-order chi connectivity index (χ0) is 8.23. The highest BCUT2D eigenvalue weighted by Crippen LogP contribution is 2.28. The Balaban J connectivity index is 0.000000845. The van der Waals surface area contributed by atoms with Crippen molar-refractivity contribution in [2.45, 2.75) is 6.42 Å². The molecule has 2 aliphatic rings. The van der Waals surface area contributed by atoms with Gasteiger partial charge in [0.1, 0.15) is 0 Å². The zero-order valence-corrected chi connectivity index (χ0v) is 7.81. The van der Waals surface area contributed by atoms with E-state index in [2.05, 4.69) is 35.3 Å². The van der Waals surface area contributed by atoms with Gasteiger partial charge in [0.2, 0.25) is 0 Å². The fraction of sp³-hybridized carbons (Fsp3) is 0.400. The van der Waals surface area contributed by atoms with E-state index in [0.717, 1.165) is 5.92 Å². The van der Waals surface area contributed by atoms with E-state index in [9.17, 15) is 0 Å². The van der Waals surface area contributed by atoms with Crippen molar-refractivity contribution in [2.75, 3.05) is 11.5 Å². The third kappa shape index (κ3) is 1.75. The van der Waals surface area contributed by atoms with Crippen LogP contribution in [0.1, 0.15) is 7.85 Å². The number of rotatable bonds is 1. The maximum Gasteiger partial charge on any atom is 1.00 e. The van der Waals surface area contributed by atoms with Crippen LogP contribution in [0, 0.1) is 5.92 Å². The lowest BCUT2D eigenvalue weighted by Crippen LogP contribution is -2.14. The Hall–Kier alpha value is -0.630. The molecule has 0 aromatic carbocycles. The summed E-state index contributed by atoms with van der Waals surface area (Å²) in [6.45, 7) is 0. The van der Waals surface area contributed by atoms with Crippen LogP contribution in [0.15, 0.2) is 36.2 Å². The Bertz CT molecular complexity index is 239.